The van der Waals surface area contributed by atoms with Crippen LogP contribution in [-0.4, -0.2) is 24.1 Å². The van der Waals surface area contributed by atoms with Gasteiger partial charge in [-0.1, -0.05) is 30.3 Å². The van der Waals surface area contributed by atoms with Gasteiger partial charge in [0.25, 0.3) is 0 Å². The molecule has 1 aromatic heterocycles. The fraction of sp³-hybridized carbons (Fsp3) is 0.250. The molecule has 0 spiro atoms. The van der Waals surface area contributed by atoms with Crippen molar-refractivity contribution >= 4 is 5.78 Å². The van der Waals surface area contributed by atoms with Crippen LogP contribution in [0.15, 0.2) is 54.6 Å². The molecule has 0 saturated heterocycles. The highest BCUT2D eigenvalue weighted by molar-refractivity contribution is 5.98. The van der Waals surface area contributed by atoms with Gasteiger partial charge in [-0.05, 0) is 44.5 Å². The molecule has 29 heavy (non-hydrogen) atoms. The molecule has 0 bridgehead atoms. The van der Waals surface area contributed by atoms with Gasteiger partial charge in [-0.2, -0.15) is 5.26 Å². The molecule has 1 atom stereocenters. The summed E-state index contributed by atoms with van der Waals surface area (Å²) in [6.07, 6.45) is 0. The van der Waals surface area contributed by atoms with E-state index in [9.17, 15) is 4.79 Å². The van der Waals surface area contributed by atoms with Gasteiger partial charge in [-0.15, -0.1) is 0 Å². The van der Waals surface area contributed by atoms with E-state index in [0.717, 1.165) is 11.4 Å². The maximum Gasteiger partial charge on any atom is 0.202 e. The number of nitriles is 1. The number of hydrogen-bond donors (Lipinski definition) is 0. The second-order valence-electron chi connectivity index (χ2n) is 6.93. The highest BCUT2D eigenvalue weighted by Crippen LogP contribution is 2.29. The summed E-state index contributed by atoms with van der Waals surface area (Å²) in [4.78, 5) is 12.9. The zero-order chi connectivity index (χ0) is 21.0. The third kappa shape index (κ3) is 4.17. The van der Waals surface area contributed by atoms with Crippen LogP contribution in [0.1, 0.15) is 45.8 Å². The van der Waals surface area contributed by atoms with Crippen molar-refractivity contribution in [2.75, 3.05) is 13.7 Å². The summed E-state index contributed by atoms with van der Waals surface area (Å²) in [7, 11) is 1.50. The summed E-state index contributed by atoms with van der Waals surface area (Å²) in [5.41, 5.74) is 4.25. The van der Waals surface area contributed by atoms with Gasteiger partial charge in [-0.25, -0.2) is 0 Å². The van der Waals surface area contributed by atoms with Crippen LogP contribution in [0.2, 0.25) is 0 Å². The Morgan fingerprint density at radius 3 is 2.48 bits per heavy atom. The second-order valence-corrected chi connectivity index (χ2v) is 6.93. The normalized spacial score (nSPS) is 11.6. The number of carbonyl (C=O) groups excluding carboxylic acids is 1. The summed E-state index contributed by atoms with van der Waals surface area (Å²) in [6.45, 7) is 5.99. The lowest BCUT2D eigenvalue weighted by Crippen LogP contribution is -2.15. The van der Waals surface area contributed by atoms with Crippen LogP contribution in [0.3, 0.4) is 0 Å². The second kappa shape index (κ2) is 8.66. The molecule has 3 rings (SSSR count). The number of nitrogens with zero attached hydrogens (tertiary/aromatic N) is 2. The Labute approximate surface area is 171 Å². The third-order valence-corrected chi connectivity index (χ3v) is 5.11. The van der Waals surface area contributed by atoms with Gasteiger partial charge in [0.15, 0.2) is 18.1 Å². The van der Waals surface area contributed by atoms with Crippen LogP contribution < -0.4 is 9.47 Å². The lowest BCUT2D eigenvalue weighted by Gasteiger charge is -2.19. The summed E-state index contributed by atoms with van der Waals surface area (Å²) in [5.74, 6) is 0.766. The topological polar surface area (TPSA) is 64.2 Å². The molecule has 5 heteroatoms. The first-order chi connectivity index (χ1) is 14.0. The summed E-state index contributed by atoms with van der Waals surface area (Å²) < 4.78 is 13.1. The molecular formula is C24H24N2O3. The molecule has 0 aliphatic heterocycles. The number of rotatable bonds is 7. The van der Waals surface area contributed by atoms with E-state index in [0.29, 0.717) is 22.6 Å². The zero-order valence-corrected chi connectivity index (χ0v) is 17.1. The van der Waals surface area contributed by atoms with E-state index >= 15 is 0 Å². The van der Waals surface area contributed by atoms with Crippen molar-refractivity contribution in [3.63, 3.8) is 0 Å². The van der Waals surface area contributed by atoms with Gasteiger partial charge >= 0.3 is 0 Å². The Hall–Kier alpha value is -3.52. The number of methoxy groups -OCH3 is 1. The predicted octanol–water partition coefficient (Wildman–Crippen LogP) is 4.86. The van der Waals surface area contributed by atoms with Crippen LogP contribution >= 0.6 is 0 Å². The van der Waals surface area contributed by atoms with Crippen molar-refractivity contribution in [3.05, 3.63) is 82.7 Å². The van der Waals surface area contributed by atoms with E-state index in [4.69, 9.17) is 14.7 Å². The van der Waals surface area contributed by atoms with Crippen molar-refractivity contribution in [1.29, 1.82) is 5.26 Å². The van der Waals surface area contributed by atoms with Crippen molar-refractivity contribution < 1.29 is 14.3 Å². The lowest BCUT2D eigenvalue weighted by atomic mass is 10.1. The van der Waals surface area contributed by atoms with E-state index in [2.05, 4.69) is 29.7 Å². The number of Topliss-reactive ketones (excluding diaryl/α,β-unsaturated/α-hetero) is 1. The van der Waals surface area contributed by atoms with Gasteiger partial charge in [0, 0.05) is 23.0 Å². The first-order valence-corrected chi connectivity index (χ1v) is 9.43. The Bertz CT molecular complexity index is 1060. The van der Waals surface area contributed by atoms with Crippen LogP contribution in [-0.2, 0) is 0 Å². The molecule has 5 nitrogen and oxygen atoms in total. The smallest absolute Gasteiger partial charge is 0.202 e. The Morgan fingerprint density at radius 1 is 1.10 bits per heavy atom. The van der Waals surface area contributed by atoms with Gasteiger partial charge in [0.05, 0.1) is 24.8 Å². The average molecular weight is 388 g/mol. The fourth-order valence-corrected chi connectivity index (χ4v) is 3.61. The molecule has 3 aromatic rings. The van der Waals surface area contributed by atoms with Gasteiger partial charge in [0.1, 0.15) is 0 Å². The summed E-state index contributed by atoms with van der Waals surface area (Å²) in [5, 5.41) is 9.00. The number of aryl methyl sites for hydroxylation is 1. The number of carbonyl (C=O) groups is 1. The summed E-state index contributed by atoms with van der Waals surface area (Å²) in [6, 6.07) is 19.2. The predicted molar refractivity (Wildman–Crippen MR) is 112 cm³/mol. The van der Waals surface area contributed by atoms with Crippen LogP contribution in [0, 0.1) is 25.2 Å². The average Bonchev–Trinajstić information content (AvgIpc) is 3.05. The van der Waals surface area contributed by atoms with Gasteiger partial charge < -0.3 is 14.0 Å². The third-order valence-electron chi connectivity index (χ3n) is 5.11. The quantitative estimate of drug-likeness (QED) is 0.543. The molecule has 0 aliphatic rings. The molecule has 148 valence electrons. The highest BCUT2D eigenvalue weighted by Gasteiger charge is 2.20. The number of ketones is 1. The molecule has 0 saturated carbocycles. The van der Waals surface area contributed by atoms with Gasteiger partial charge in [0.2, 0.25) is 5.78 Å². The SMILES string of the molecule is COc1cc(C#N)ccc1OCC(=O)c1cc(C)n([C@@H](C)c2ccccc2)c1C. The molecule has 0 N–H and O–H groups in total. The van der Waals surface area contributed by atoms with E-state index in [1.807, 2.05) is 38.1 Å². The zero-order valence-electron chi connectivity index (χ0n) is 17.1. The van der Waals surface area contributed by atoms with E-state index in [-0.39, 0.29) is 18.4 Å². The van der Waals surface area contributed by atoms with Crippen LogP contribution in [0.5, 0.6) is 11.5 Å². The molecule has 0 amide bonds. The fourth-order valence-electron chi connectivity index (χ4n) is 3.61. The monoisotopic (exact) mass is 388 g/mol. The maximum absolute atomic E-state index is 12.9. The summed E-state index contributed by atoms with van der Waals surface area (Å²) >= 11 is 0. The minimum atomic E-state index is -0.105. The largest absolute Gasteiger partial charge is 0.493 e. The minimum absolute atomic E-state index is 0.101. The lowest BCUT2D eigenvalue weighted by molar-refractivity contribution is 0.0918. The van der Waals surface area contributed by atoms with Gasteiger partial charge in [-0.3, -0.25) is 4.79 Å². The first kappa shape index (κ1) is 20.2. The molecular weight excluding hydrogens is 364 g/mol. The molecule has 2 aromatic carbocycles. The van der Waals surface area contributed by atoms with Crippen molar-refractivity contribution in [2.45, 2.75) is 26.8 Å². The van der Waals surface area contributed by atoms with Crippen molar-refractivity contribution in [1.82, 2.24) is 4.57 Å². The first-order valence-electron chi connectivity index (χ1n) is 9.43. The highest BCUT2D eigenvalue weighted by atomic mass is 16.5. The Morgan fingerprint density at radius 2 is 1.83 bits per heavy atom. The number of ether oxygens (including phenoxy) is 2. The Kier molecular flexibility index (Phi) is 6.04. The number of benzene rings is 2. The van der Waals surface area contributed by atoms with Crippen LogP contribution in [0.25, 0.3) is 0 Å². The van der Waals surface area contributed by atoms with E-state index < -0.39 is 0 Å². The molecule has 0 aliphatic carbocycles. The maximum atomic E-state index is 12.9. The van der Waals surface area contributed by atoms with Crippen LogP contribution in [0.4, 0.5) is 0 Å². The molecule has 0 unspecified atom stereocenters. The number of hydrogen-bond acceptors (Lipinski definition) is 4. The standard InChI is InChI=1S/C24H24N2O3/c1-16-12-21(18(3)26(16)17(2)20-8-6-5-7-9-20)22(27)15-29-23-11-10-19(14-25)13-24(23)28-4/h5-13,17H,15H2,1-4H3/t17-/m0/s1. The number of aromatic nitrogens is 1. The molecule has 0 fully saturated rings. The van der Waals surface area contributed by atoms with Crippen molar-refractivity contribution in [2.24, 2.45) is 0 Å². The molecule has 0 radical (unpaired) electrons. The van der Waals surface area contributed by atoms with Crippen molar-refractivity contribution in [3.8, 4) is 17.6 Å². The minimum Gasteiger partial charge on any atom is -0.493 e. The molecule has 1 heterocycles. The van der Waals surface area contributed by atoms with E-state index in [1.54, 1.807) is 18.2 Å². The Balaban J connectivity index is 1.80. The van der Waals surface area contributed by atoms with E-state index in [1.165, 1.54) is 12.7 Å².